The molecule has 1 aliphatic heterocycles. The summed E-state index contributed by atoms with van der Waals surface area (Å²) < 4.78 is 49.1. The van der Waals surface area contributed by atoms with Gasteiger partial charge in [-0.25, -0.2) is 4.99 Å². The van der Waals surface area contributed by atoms with Crippen LogP contribution in [0.4, 0.5) is 18.9 Å². The van der Waals surface area contributed by atoms with Gasteiger partial charge in [-0.15, -0.1) is 0 Å². The number of hydrogen-bond donors (Lipinski definition) is 2. The molecule has 1 heterocycles. The van der Waals surface area contributed by atoms with Crippen LogP contribution in [-0.4, -0.2) is 38.2 Å². The Kier molecular flexibility index (Phi) is 7.40. The van der Waals surface area contributed by atoms with E-state index in [4.69, 9.17) is 21.1 Å². The summed E-state index contributed by atoms with van der Waals surface area (Å²) in [7, 11) is 1.48. The summed E-state index contributed by atoms with van der Waals surface area (Å²) in [6.45, 7) is 0.960. The average molecular weight is 456 g/mol. The highest BCUT2D eigenvalue weighted by Gasteiger charge is 2.30. The van der Waals surface area contributed by atoms with E-state index in [9.17, 15) is 18.0 Å². The Bertz CT molecular complexity index is 943. The Labute approximate surface area is 182 Å². The molecule has 2 N–H and O–H groups in total. The number of benzene rings is 2. The van der Waals surface area contributed by atoms with E-state index in [1.807, 2.05) is 0 Å². The second-order valence-electron chi connectivity index (χ2n) is 6.82. The van der Waals surface area contributed by atoms with Gasteiger partial charge in [0.25, 0.3) is 5.91 Å². The van der Waals surface area contributed by atoms with Crippen LogP contribution in [0.2, 0.25) is 5.02 Å². The zero-order valence-electron chi connectivity index (χ0n) is 16.6. The quantitative estimate of drug-likeness (QED) is 0.504. The molecule has 31 heavy (non-hydrogen) atoms. The van der Waals surface area contributed by atoms with Crippen molar-refractivity contribution in [3.8, 4) is 5.75 Å². The van der Waals surface area contributed by atoms with Gasteiger partial charge in [-0.1, -0.05) is 11.6 Å². The molecule has 1 atom stereocenters. The molecule has 10 heteroatoms. The van der Waals surface area contributed by atoms with Crippen molar-refractivity contribution in [1.29, 1.82) is 0 Å². The van der Waals surface area contributed by atoms with Crippen molar-refractivity contribution in [2.75, 3.05) is 25.6 Å². The van der Waals surface area contributed by atoms with E-state index in [1.165, 1.54) is 7.11 Å². The van der Waals surface area contributed by atoms with Gasteiger partial charge in [-0.05, 0) is 55.3 Å². The number of methoxy groups -OCH3 is 1. The first kappa shape index (κ1) is 22.9. The van der Waals surface area contributed by atoms with Crippen molar-refractivity contribution >= 4 is 29.2 Å². The second kappa shape index (κ2) is 10.0. The highest BCUT2D eigenvalue weighted by molar-refractivity contribution is 6.31. The number of hydrogen-bond acceptors (Lipinski definition) is 4. The summed E-state index contributed by atoms with van der Waals surface area (Å²) in [4.78, 5) is 17.0. The molecular weight excluding hydrogens is 435 g/mol. The number of alkyl halides is 3. The lowest BCUT2D eigenvalue weighted by Crippen LogP contribution is -2.37. The average Bonchev–Trinajstić information content (AvgIpc) is 3.25. The molecule has 1 amide bonds. The molecule has 3 rings (SSSR count). The van der Waals surface area contributed by atoms with E-state index in [0.717, 1.165) is 37.1 Å². The van der Waals surface area contributed by atoms with E-state index < -0.39 is 17.6 Å². The smallest absolute Gasteiger partial charge is 0.416 e. The van der Waals surface area contributed by atoms with Crippen LogP contribution in [-0.2, 0) is 10.9 Å². The van der Waals surface area contributed by atoms with E-state index in [0.29, 0.717) is 29.6 Å². The van der Waals surface area contributed by atoms with Crippen molar-refractivity contribution in [1.82, 2.24) is 5.32 Å². The van der Waals surface area contributed by atoms with Crippen LogP contribution < -0.4 is 15.4 Å². The maximum absolute atomic E-state index is 12.8. The van der Waals surface area contributed by atoms with Crippen molar-refractivity contribution in [3.63, 3.8) is 0 Å². The minimum Gasteiger partial charge on any atom is -0.495 e. The molecule has 0 saturated carbocycles. The first-order valence-electron chi connectivity index (χ1n) is 9.51. The first-order chi connectivity index (χ1) is 14.8. The third kappa shape index (κ3) is 6.35. The molecule has 1 saturated heterocycles. The molecule has 0 radical (unpaired) electrons. The van der Waals surface area contributed by atoms with Gasteiger partial charge < -0.3 is 14.8 Å². The van der Waals surface area contributed by atoms with Gasteiger partial charge in [0.2, 0.25) is 5.96 Å². The number of halogens is 4. The van der Waals surface area contributed by atoms with Crippen LogP contribution in [0.15, 0.2) is 47.5 Å². The van der Waals surface area contributed by atoms with Gasteiger partial charge in [0.1, 0.15) is 5.75 Å². The Balaban J connectivity index is 1.80. The summed E-state index contributed by atoms with van der Waals surface area (Å²) in [6.07, 6.45) is -2.76. The number of carbonyl (C=O) groups excluding carboxylic acids is 1. The maximum Gasteiger partial charge on any atom is 0.416 e. The Morgan fingerprint density at radius 2 is 2.00 bits per heavy atom. The number of nitrogens with one attached hydrogen (secondary N) is 2. The maximum atomic E-state index is 12.8. The minimum atomic E-state index is -4.48. The molecule has 1 fully saturated rings. The van der Waals surface area contributed by atoms with Gasteiger partial charge >= 0.3 is 6.18 Å². The molecule has 2 aromatic carbocycles. The SMILES string of the molecule is COc1ccc(Cl)cc1NC(=NC[C@@H]1CCCO1)NC(=O)c1ccc(C(F)(F)F)cc1. The van der Waals surface area contributed by atoms with E-state index in [1.54, 1.807) is 18.2 Å². The molecule has 0 aromatic heterocycles. The van der Waals surface area contributed by atoms with Crippen molar-refractivity contribution in [2.45, 2.75) is 25.1 Å². The monoisotopic (exact) mass is 455 g/mol. The lowest BCUT2D eigenvalue weighted by molar-refractivity contribution is -0.137. The first-order valence-corrected chi connectivity index (χ1v) is 9.89. The molecule has 2 aromatic rings. The largest absolute Gasteiger partial charge is 0.495 e. The number of ether oxygens (including phenoxy) is 2. The van der Waals surface area contributed by atoms with E-state index in [2.05, 4.69) is 15.6 Å². The van der Waals surface area contributed by atoms with Crippen LogP contribution >= 0.6 is 11.6 Å². The summed E-state index contributed by atoms with van der Waals surface area (Å²) in [5, 5.41) is 6.01. The zero-order valence-corrected chi connectivity index (χ0v) is 17.4. The molecule has 0 aliphatic carbocycles. The predicted octanol–water partition coefficient (Wildman–Crippen LogP) is 4.74. The topological polar surface area (TPSA) is 71.9 Å². The van der Waals surface area contributed by atoms with Crippen molar-refractivity contribution in [2.24, 2.45) is 4.99 Å². The number of amides is 1. The standard InChI is InChI=1S/C21H21ClF3N3O3/c1-30-18-9-8-15(22)11-17(18)27-20(26-12-16-3-2-10-31-16)28-19(29)13-4-6-14(7-5-13)21(23,24)25/h4-9,11,16H,2-3,10,12H2,1H3,(H2,26,27,28,29)/t16-/m0/s1. The van der Waals surface area contributed by atoms with Gasteiger partial charge in [-0.2, -0.15) is 13.2 Å². The highest BCUT2D eigenvalue weighted by Crippen LogP contribution is 2.29. The van der Waals surface area contributed by atoms with Crippen LogP contribution in [0.1, 0.15) is 28.8 Å². The fraction of sp³-hybridized carbons (Fsp3) is 0.333. The number of nitrogens with zero attached hydrogens (tertiary/aromatic N) is 1. The Morgan fingerprint density at radius 1 is 1.26 bits per heavy atom. The molecule has 1 aliphatic rings. The Hall–Kier alpha value is -2.78. The van der Waals surface area contributed by atoms with E-state index in [-0.39, 0.29) is 17.6 Å². The number of aliphatic imine (C=N–C) groups is 1. The predicted molar refractivity (Wildman–Crippen MR) is 112 cm³/mol. The lowest BCUT2D eigenvalue weighted by Gasteiger charge is -2.16. The summed E-state index contributed by atoms with van der Waals surface area (Å²) in [6, 6.07) is 8.82. The lowest BCUT2D eigenvalue weighted by atomic mass is 10.1. The number of carbonyl (C=O) groups is 1. The molecule has 166 valence electrons. The van der Waals surface area contributed by atoms with E-state index >= 15 is 0 Å². The molecule has 6 nitrogen and oxygen atoms in total. The summed E-state index contributed by atoms with van der Waals surface area (Å²) >= 11 is 6.06. The van der Waals surface area contributed by atoms with Crippen LogP contribution in [0, 0.1) is 0 Å². The molecular formula is C21H21ClF3N3O3. The normalized spacial score (nSPS) is 16.8. The molecule has 0 bridgehead atoms. The minimum absolute atomic E-state index is 0.0534. The van der Waals surface area contributed by atoms with Crippen LogP contribution in [0.3, 0.4) is 0 Å². The molecule has 0 spiro atoms. The third-order valence-corrected chi connectivity index (χ3v) is 4.83. The summed E-state index contributed by atoms with van der Waals surface area (Å²) in [5.74, 6) is -0.0488. The van der Waals surface area contributed by atoms with Gasteiger partial charge in [-0.3, -0.25) is 10.1 Å². The van der Waals surface area contributed by atoms with Crippen molar-refractivity contribution < 1.29 is 27.4 Å². The number of anilines is 1. The highest BCUT2D eigenvalue weighted by atomic mass is 35.5. The van der Waals surface area contributed by atoms with Crippen molar-refractivity contribution in [3.05, 3.63) is 58.6 Å². The summed E-state index contributed by atoms with van der Waals surface area (Å²) in [5.41, 5.74) is -0.315. The number of guanidine groups is 1. The fourth-order valence-corrected chi connectivity index (χ4v) is 3.16. The Morgan fingerprint density at radius 3 is 2.61 bits per heavy atom. The van der Waals surface area contributed by atoms with Gasteiger partial charge in [0.15, 0.2) is 0 Å². The zero-order chi connectivity index (χ0) is 22.4. The molecule has 0 unspecified atom stereocenters. The number of rotatable bonds is 5. The van der Waals surface area contributed by atoms with Gasteiger partial charge in [0.05, 0.1) is 31.0 Å². The van der Waals surface area contributed by atoms with Crippen LogP contribution in [0.5, 0.6) is 5.75 Å². The second-order valence-corrected chi connectivity index (χ2v) is 7.26. The fourth-order valence-electron chi connectivity index (χ4n) is 2.99. The van der Waals surface area contributed by atoms with Crippen LogP contribution in [0.25, 0.3) is 0 Å². The van der Waals surface area contributed by atoms with Gasteiger partial charge in [0, 0.05) is 17.2 Å². The third-order valence-electron chi connectivity index (χ3n) is 4.60.